The predicted octanol–water partition coefficient (Wildman–Crippen LogP) is 2.24. The van der Waals surface area contributed by atoms with Crippen molar-refractivity contribution >= 4 is 16.7 Å². The standard InChI is InChI=1S/C19H25N3O3/c1-25-12-11-22-19(24)16-10-6-5-9-15(16)17(21-22)13-20-18(23)14-7-3-2-4-8-14/h5-6,9-10,14H,2-4,7-8,11-13H2,1H3,(H,20,23). The van der Waals surface area contributed by atoms with E-state index in [-0.39, 0.29) is 17.4 Å². The smallest absolute Gasteiger partial charge is 0.274 e. The number of benzene rings is 1. The van der Waals surface area contributed by atoms with Crippen molar-refractivity contribution in [2.75, 3.05) is 13.7 Å². The number of ether oxygens (including phenoxy) is 1. The summed E-state index contributed by atoms with van der Waals surface area (Å²) in [5.74, 6) is 0.208. The molecule has 1 saturated carbocycles. The number of methoxy groups -OCH3 is 1. The van der Waals surface area contributed by atoms with Gasteiger partial charge in [0.25, 0.3) is 5.56 Å². The zero-order valence-corrected chi connectivity index (χ0v) is 14.7. The van der Waals surface area contributed by atoms with Gasteiger partial charge in [-0.05, 0) is 18.9 Å². The minimum atomic E-state index is -0.130. The third-order valence-corrected chi connectivity index (χ3v) is 4.86. The molecular formula is C19H25N3O3. The van der Waals surface area contributed by atoms with Crippen LogP contribution in [-0.2, 0) is 22.6 Å². The van der Waals surface area contributed by atoms with E-state index >= 15 is 0 Å². The van der Waals surface area contributed by atoms with Crippen molar-refractivity contribution < 1.29 is 9.53 Å². The van der Waals surface area contributed by atoms with Gasteiger partial charge in [-0.25, -0.2) is 4.68 Å². The fourth-order valence-electron chi connectivity index (χ4n) is 3.45. The molecule has 6 heteroatoms. The van der Waals surface area contributed by atoms with Crippen LogP contribution >= 0.6 is 0 Å². The lowest BCUT2D eigenvalue weighted by Gasteiger charge is -2.21. The molecule has 1 aliphatic rings. The number of carbonyl (C=O) groups is 1. The molecule has 1 heterocycles. The first-order chi connectivity index (χ1) is 12.2. The number of aromatic nitrogens is 2. The maximum atomic E-state index is 12.5. The second kappa shape index (κ2) is 8.25. The van der Waals surface area contributed by atoms with Crippen molar-refractivity contribution in [3.8, 4) is 0 Å². The third-order valence-electron chi connectivity index (χ3n) is 4.86. The average molecular weight is 343 g/mol. The topological polar surface area (TPSA) is 73.2 Å². The highest BCUT2D eigenvalue weighted by molar-refractivity contribution is 5.84. The summed E-state index contributed by atoms with van der Waals surface area (Å²) in [6.07, 6.45) is 5.41. The Morgan fingerprint density at radius 3 is 2.68 bits per heavy atom. The molecule has 1 amide bonds. The van der Waals surface area contributed by atoms with Crippen LogP contribution in [0.4, 0.5) is 0 Å². The molecule has 1 N–H and O–H groups in total. The Balaban J connectivity index is 1.83. The first kappa shape index (κ1) is 17.6. The summed E-state index contributed by atoms with van der Waals surface area (Å²) in [7, 11) is 1.59. The zero-order chi connectivity index (χ0) is 17.6. The van der Waals surface area contributed by atoms with Crippen molar-refractivity contribution in [2.24, 2.45) is 5.92 Å². The van der Waals surface area contributed by atoms with E-state index in [0.717, 1.165) is 36.8 Å². The van der Waals surface area contributed by atoms with Gasteiger partial charge >= 0.3 is 0 Å². The number of nitrogens with one attached hydrogen (secondary N) is 1. The van der Waals surface area contributed by atoms with E-state index in [2.05, 4.69) is 10.4 Å². The van der Waals surface area contributed by atoms with Crippen LogP contribution in [0.25, 0.3) is 10.8 Å². The Bertz CT molecular complexity index is 794. The molecule has 25 heavy (non-hydrogen) atoms. The summed E-state index contributed by atoms with van der Waals surface area (Å²) in [6.45, 7) is 1.14. The normalized spacial score (nSPS) is 15.4. The monoisotopic (exact) mass is 343 g/mol. The van der Waals surface area contributed by atoms with E-state index in [0.29, 0.717) is 25.1 Å². The third kappa shape index (κ3) is 4.07. The Hall–Kier alpha value is -2.21. The van der Waals surface area contributed by atoms with Gasteiger partial charge < -0.3 is 10.1 Å². The lowest BCUT2D eigenvalue weighted by atomic mass is 9.88. The quantitative estimate of drug-likeness (QED) is 0.873. The fourth-order valence-corrected chi connectivity index (χ4v) is 3.45. The van der Waals surface area contributed by atoms with Gasteiger partial charge in [0.1, 0.15) is 0 Å². The van der Waals surface area contributed by atoms with Gasteiger partial charge in [0.05, 0.1) is 30.8 Å². The maximum absolute atomic E-state index is 12.5. The van der Waals surface area contributed by atoms with E-state index in [1.54, 1.807) is 13.2 Å². The van der Waals surface area contributed by atoms with Gasteiger partial charge in [-0.15, -0.1) is 0 Å². The average Bonchev–Trinajstić information content (AvgIpc) is 2.67. The summed E-state index contributed by atoms with van der Waals surface area (Å²) < 4.78 is 6.49. The highest BCUT2D eigenvalue weighted by Gasteiger charge is 2.21. The molecule has 0 unspecified atom stereocenters. The van der Waals surface area contributed by atoms with Crippen LogP contribution in [0.3, 0.4) is 0 Å². The Kier molecular flexibility index (Phi) is 5.81. The fraction of sp³-hybridized carbons (Fsp3) is 0.526. The molecule has 0 spiro atoms. The highest BCUT2D eigenvalue weighted by Crippen LogP contribution is 2.23. The van der Waals surface area contributed by atoms with Gasteiger partial charge in [0, 0.05) is 18.4 Å². The highest BCUT2D eigenvalue weighted by atomic mass is 16.5. The molecule has 0 bridgehead atoms. The predicted molar refractivity (Wildman–Crippen MR) is 96.3 cm³/mol. The summed E-state index contributed by atoms with van der Waals surface area (Å²) in [5, 5.41) is 8.90. The Labute approximate surface area is 147 Å². The number of amides is 1. The maximum Gasteiger partial charge on any atom is 0.274 e. The van der Waals surface area contributed by atoms with Gasteiger partial charge in [0.2, 0.25) is 5.91 Å². The van der Waals surface area contributed by atoms with Crippen molar-refractivity contribution in [3.05, 3.63) is 40.3 Å². The minimum absolute atomic E-state index is 0.0974. The van der Waals surface area contributed by atoms with Crippen LogP contribution in [0.15, 0.2) is 29.1 Å². The van der Waals surface area contributed by atoms with Gasteiger partial charge in [-0.2, -0.15) is 5.10 Å². The number of hydrogen-bond acceptors (Lipinski definition) is 4. The van der Waals surface area contributed by atoms with E-state index in [1.807, 2.05) is 18.2 Å². The van der Waals surface area contributed by atoms with Crippen LogP contribution in [0.1, 0.15) is 37.8 Å². The molecule has 2 aromatic rings. The van der Waals surface area contributed by atoms with Crippen LogP contribution in [-0.4, -0.2) is 29.4 Å². The molecular weight excluding hydrogens is 318 g/mol. The van der Waals surface area contributed by atoms with Crippen molar-refractivity contribution in [1.29, 1.82) is 0 Å². The van der Waals surface area contributed by atoms with E-state index in [4.69, 9.17) is 4.74 Å². The van der Waals surface area contributed by atoms with Crippen molar-refractivity contribution in [2.45, 2.75) is 45.2 Å². The SMILES string of the molecule is COCCn1nc(CNC(=O)C2CCCCC2)c2ccccc2c1=O. The van der Waals surface area contributed by atoms with E-state index < -0.39 is 0 Å². The number of nitrogens with zero attached hydrogens (tertiary/aromatic N) is 2. The first-order valence-electron chi connectivity index (χ1n) is 8.96. The summed E-state index contributed by atoms with van der Waals surface area (Å²) >= 11 is 0. The van der Waals surface area contributed by atoms with Gasteiger partial charge in [-0.3, -0.25) is 9.59 Å². The summed E-state index contributed by atoms with van der Waals surface area (Å²) in [4.78, 5) is 24.9. The molecule has 0 saturated heterocycles. The molecule has 0 atom stereocenters. The van der Waals surface area contributed by atoms with Gasteiger partial charge in [-0.1, -0.05) is 37.5 Å². The molecule has 6 nitrogen and oxygen atoms in total. The van der Waals surface area contributed by atoms with Crippen LogP contribution in [0.2, 0.25) is 0 Å². The van der Waals surface area contributed by atoms with Crippen molar-refractivity contribution in [3.63, 3.8) is 0 Å². The van der Waals surface area contributed by atoms with Crippen LogP contribution in [0, 0.1) is 5.92 Å². The molecule has 1 aromatic heterocycles. The number of hydrogen-bond donors (Lipinski definition) is 1. The Morgan fingerprint density at radius 1 is 1.24 bits per heavy atom. The summed E-state index contributed by atoms with van der Waals surface area (Å²) in [6, 6.07) is 7.41. The first-order valence-corrected chi connectivity index (χ1v) is 8.96. The summed E-state index contributed by atoms with van der Waals surface area (Å²) in [5.41, 5.74) is 0.588. The molecule has 3 rings (SSSR count). The molecule has 1 aromatic carbocycles. The van der Waals surface area contributed by atoms with E-state index in [9.17, 15) is 9.59 Å². The molecule has 134 valence electrons. The second-order valence-electron chi connectivity index (χ2n) is 6.57. The lowest BCUT2D eigenvalue weighted by molar-refractivity contribution is -0.126. The largest absolute Gasteiger partial charge is 0.383 e. The molecule has 1 aliphatic carbocycles. The lowest BCUT2D eigenvalue weighted by Crippen LogP contribution is -2.33. The second-order valence-corrected chi connectivity index (χ2v) is 6.57. The molecule has 0 aliphatic heterocycles. The Morgan fingerprint density at radius 2 is 1.96 bits per heavy atom. The number of carbonyl (C=O) groups excluding carboxylic acids is 1. The minimum Gasteiger partial charge on any atom is -0.383 e. The van der Waals surface area contributed by atoms with Crippen molar-refractivity contribution in [1.82, 2.24) is 15.1 Å². The molecule has 0 radical (unpaired) electrons. The number of fused-ring (bicyclic) bond motifs is 1. The zero-order valence-electron chi connectivity index (χ0n) is 14.7. The van der Waals surface area contributed by atoms with Crippen LogP contribution < -0.4 is 10.9 Å². The molecule has 1 fully saturated rings. The van der Waals surface area contributed by atoms with Crippen LogP contribution in [0.5, 0.6) is 0 Å². The van der Waals surface area contributed by atoms with Gasteiger partial charge in [0.15, 0.2) is 0 Å². The van der Waals surface area contributed by atoms with E-state index in [1.165, 1.54) is 11.1 Å². The number of rotatable bonds is 6.